The van der Waals surface area contributed by atoms with E-state index >= 15 is 0 Å². The van der Waals surface area contributed by atoms with Gasteiger partial charge in [-0.05, 0) is 25.1 Å². The van der Waals surface area contributed by atoms with Gasteiger partial charge in [0.15, 0.2) is 4.93 Å². The highest BCUT2D eigenvalue weighted by atomic mass is 33.1. The fourth-order valence-electron chi connectivity index (χ4n) is 2.61. The fraction of sp³-hybridized carbons (Fsp3) is 0.600. The van der Waals surface area contributed by atoms with Crippen LogP contribution in [0.2, 0.25) is 0 Å². The first-order valence-corrected chi connectivity index (χ1v) is 13.6. The number of carbonyl (C=O) groups excluding carboxylic acids is 2. The second-order valence-corrected chi connectivity index (χ2v) is 10.2. The molecule has 1 aromatic rings. The van der Waals surface area contributed by atoms with Gasteiger partial charge in [0.1, 0.15) is 19.0 Å². The van der Waals surface area contributed by atoms with Gasteiger partial charge in [-0.3, -0.25) is 9.59 Å². The van der Waals surface area contributed by atoms with Crippen molar-refractivity contribution < 1.29 is 23.8 Å². The molecule has 2 amide bonds. The minimum atomic E-state index is -0.748. The fourth-order valence-corrected chi connectivity index (χ4v) is 3.17. The molecule has 1 aromatic carbocycles. The van der Waals surface area contributed by atoms with E-state index in [4.69, 9.17) is 14.2 Å². The zero-order valence-corrected chi connectivity index (χ0v) is 23.0. The third-order valence-corrected chi connectivity index (χ3v) is 6.17. The number of ether oxygens (including phenoxy) is 3. The van der Waals surface area contributed by atoms with Gasteiger partial charge in [0.25, 0.3) is 5.91 Å². The Balaban J connectivity index is 2.37. The second-order valence-electron chi connectivity index (χ2n) is 8.56. The number of benzene rings is 1. The van der Waals surface area contributed by atoms with Crippen LogP contribution in [-0.4, -0.2) is 68.9 Å². The molecule has 0 fully saturated rings. The molecule has 1 rings (SSSR count). The highest BCUT2D eigenvalue weighted by Crippen LogP contribution is 2.30. The minimum absolute atomic E-state index is 0.0592. The summed E-state index contributed by atoms with van der Waals surface area (Å²) in [6, 6.07) is 7.37. The van der Waals surface area contributed by atoms with Gasteiger partial charge in [-0.1, -0.05) is 56.4 Å². The van der Waals surface area contributed by atoms with Crippen molar-refractivity contribution in [3.05, 3.63) is 29.8 Å². The van der Waals surface area contributed by atoms with Crippen molar-refractivity contribution in [2.45, 2.75) is 45.6 Å². The largest absolute Gasteiger partial charge is 0.490 e. The number of rotatable bonds is 16. The van der Waals surface area contributed by atoms with Gasteiger partial charge in [0.05, 0.1) is 19.8 Å². The van der Waals surface area contributed by atoms with E-state index in [2.05, 4.69) is 53.3 Å². The lowest BCUT2D eigenvalue weighted by molar-refractivity contribution is -0.126. The Labute approximate surface area is 218 Å². The minimum Gasteiger partial charge on any atom is -0.490 e. The van der Waals surface area contributed by atoms with Crippen LogP contribution >= 0.6 is 22.5 Å². The van der Waals surface area contributed by atoms with Crippen molar-refractivity contribution in [3.8, 4) is 17.6 Å². The maximum atomic E-state index is 12.4. The van der Waals surface area contributed by atoms with Crippen molar-refractivity contribution in [1.82, 2.24) is 16.0 Å². The van der Waals surface area contributed by atoms with E-state index in [9.17, 15) is 9.59 Å². The number of thiol groups is 1. The van der Waals surface area contributed by atoms with Gasteiger partial charge >= 0.3 is 0 Å². The molecular formula is C25H39N3O5S2. The Morgan fingerprint density at radius 3 is 2.60 bits per heavy atom. The summed E-state index contributed by atoms with van der Waals surface area (Å²) in [5.74, 6) is 6.31. The average Bonchev–Trinajstić information content (AvgIpc) is 2.83. The summed E-state index contributed by atoms with van der Waals surface area (Å²) in [5.41, 5.74) is 0.523. The lowest BCUT2D eigenvalue weighted by atomic mass is 10.2. The van der Waals surface area contributed by atoms with Crippen LogP contribution in [0.4, 0.5) is 0 Å². The Kier molecular flexibility index (Phi) is 15.6. The molecule has 35 heavy (non-hydrogen) atoms. The van der Waals surface area contributed by atoms with E-state index in [0.29, 0.717) is 37.0 Å². The van der Waals surface area contributed by atoms with Gasteiger partial charge in [0, 0.05) is 30.6 Å². The first-order valence-electron chi connectivity index (χ1n) is 11.7. The number of hydrogen-bond acceptors (Lipinski definition) is 8. The molecule has 0 heterocycles. The van der Waals surface area contributed by atoms with Crippen molar-refractivity contribution >= 4 is 34.3 Å². The van der Waals surface area contributed by atoms with Crippen LogP contribution in [0, 0.1) is 17.8 Å². The normalized spacial score (nSPS) is 12.6. The smallest absolute Gasteiger partial charge is 0.251 e. The van der Waals surface area contributed by atoms with Gasteiger partial charge in [-0.2, -0.15) is 0 Å². The van der Waals surface area contributed by atoms with Crippen LogP contribution < -0.4 is 20.7 Å². The van der Waals surface area contributed by atoms with Crippen molar-refractivity contribution in [1.29, 1.82) is 0 Å². The van der Waals surface area contributed by atoms with Gasteiger partial charge in [-0.15, -0.1) is 11.7 Å². The van der Waals surface area contributed by atoms with Crippen molar-refractivity contribution in [2.24, 2.45) is 5.92 Å². The van der Waals surface area contributed by atoms with Crippen molar-refractivity contribution in [3.63, 3.8) is 0 Å². The Morgan fingerprint density at radius 2 is 1.91 bits per heavy atom. The SMILES string of the molecule is CC(C)C#CCNC(=O)COCCOC(C)(COc1cccc(C(=O)NCCNC(C)C)c1)SS. The molecule has 0 saturated heterocycles. The zero-order valence-electron chi connectivity index (χ0n) is 21.3. The van der Waals surface area contributed by atoms with Crippen LogP contribution in [0.5, 0.6) is 5.75 Å². The molecule has 0 saturated carbocycles. The summed E-state index contributed by atoms with van der Waals surface area (Å²) in [6.45, 7) is 12.2. The molecule has 10 heteroatoms. The molecule has 0 bridgehead atoms. The first kappa shape index (κ1) is 31.1. The summed E-state index contributed by atoms with van der Waals surface area (Å²) in [6.07, 6.45) is 0. The first-order chi connectivity index (χ1) is 16.6. The molecule has 1 atom stereocenters. The van der Waals surface area contributed by atoms with Crippen LogP contribution in [0.1, 0.15) is 45.0 Å². The molecule has 0 spiro atoms. The maximum Gasteiger partial charge on any atom is 0.251 e. The van der Waals surface area contributed by atoms with E-state index in [-0.39, 0.29) is 44.2 Å². The van der Waals surface area contributed by atoms with Crippen LogP contribution in [0.3, 0.4) is 0 Å². The molecule has 0 aromatic heterocycles. The van der Waals surface area contributed by atoms with Gasteiger partial charge < -0.3 is 30.2 Å². The monoisotopic (exact) mass is 525 g/mol. The molecular weight excluding hydrogens is 486 g/mol. The Morgan fingerprint density at radius 1 is 1.14 bits per heavy atom. The van der Waals surface area contributed by atoms with E-state index < -0.39 is 4.93 Å². The molecule has 0 aliphatic rings. The van der Waals surface area contributed by atoms with Gasteiger partial charge in [0.2, 0.25) is 5.91 Å². The summed E-state index contributed by atoms with van der Waals surface area (Å²) in [4.78, 5) is 23.3. The molecule has 1 unspecified atom stereocenters. The lowest BCUT2D eigenvalue weighted by Gasteiger charge is -2.27. The third-order valence-electron chi connectivity index (χ3n) is 4.39. The predicted molar refractivity (Wildman–Crippen MR) is 145 cm³/mol. The van der Waals surface area contributed by atoms with Crippen LogP contribution in [0.25, 0.3) is 0 Å². The number of nitrogens with one attached hydrogen (secondary N) is 3. The van der Waals surface area contributed by atoms with E-state index in [1.165, 1.54) is 10.8 Å². The number of amides is 2. The zero-order chi connectivity index (χ0) is 26.1. The lowest BCUT2D eigenvalue weighted by Crippen LogP contribution is -2.34. The topological polar surface area (TPSA) is 97.9 Å². The van der Waals surface area contributed by atoms with E-state index in [0.717, 1.165) is 0 Å². The summed E-state index contributed by atoms with van der Waals surface area (Å²) in [5, 5.41) is 8.82. The highest BCUT2D eigenvalue weighted by Gasteiger charge is 2.26. The molecule has 0 aliphatic heterocycles. The van der Waals surface area contributed by atoms with Gasteiger partial charge in [-0.25, -0.2) is 0 Å². The Bertz CT molecular complexity index is 842. The molecule has 8 nitrogen and oxygen atoms in total. The van der Waals surface area contributed by atoms with E-state index in [1.807, 2.05) is 20.8 Å². The summed E-state index contributed by atoms with van der Waals surface area (Å²) >= 11 is 4.31. The molecule has 0 radical (unpaired) electrons. The number of hydrogen-bond donors (Lipinski definition) is 4. The van der Waals surface area contributed by atoms with Crippen LogP contribution in [-0.2, 0) is 14.3 Å². The predicted octanol–water partition coefficient (Wildman–Crippen LogP) is 2.90. The van der Waals surface area contributed by atoms with Crippen LogP contribution in [0.15, 0.2) is 24.3 Å². The third kappa shape index (κ3) is 15.0. The maximum absolute atomic E-state index is 12.4. The standard InChI is InChI=1S/C25H39N3O5S2/c1-19(2)8-7-11-27-23(29)17-31-14-15-33-25(5,35-34)18-32-22-10-6-9-21(16-22)24(30)28-13-12-26-20(3)4/h6,9-10,16,19-20,26,34H,11-15,17-18H2,1-5H3,(H,27,29)(H,28,30). The highest BCUT2D eigenvalue weighted by molar-refractivity contribution is 8.69. The van der Waals surface area contributed by atoms with E-state index in [1.54, 1.807) is 24.3 Å². The van der Waals surface area contributed by atoms with Crippen molar-refractivity contribution in [2.75, 3.05) is 46.1 Å². The average molecular weight is 526 g/mol. The molecule has 3 N–H and O–H groups in total. The quantitative estimate of drug-likeness (QED) is 0.0866. The molecule has 0 aliphatic carbocycles. The molecule has 196 valence electrons. The second kappa shape index (κ2) is 17.5. The summed E-state index contributed by atoms with van der Waals surface area (Å²) < 4.78 is 17.1. The summed E-state index contributed by atoms with van der Waals surface area (Å²) in [7, 11) is 1.21. The Hall–Kier alpha value is -1.90. The number of carbonyl (C=O) groups is 2.